The molecule has 1 aliphatic rings. The van der Waals surface area contributed by atoms with Crippen molar-refractivity contribution in [1.82, 2.24) is 5.32 Å². The summed E-state index contributed by atoms with van der Waals surface area (Å²) in [4.78, 5) is 11.9. The average Bonchev–Trinajstić information content (AvgIpc) is 2.88. The van der Waals surface area contributed by atoms with Crippen LogP contribution < -0.4 is 11.1 Å². The largest absolute Gasteiger partial charge is 0.398 e. The summed E-state index contributed by atoms with van der Waals surface area (Å²) < 4.78 is 13.5. The highest BCUT2D eigenvalue weighted by molar-refractivity contribution is 5.95. The van der Waals surface area contributed by atoms with Gasteiger partial charge in [0.2, 0.25) is 0 Å². The topological polar surface area (TPSA) is 55.1 Å². The molecule has 0 aliphatic heterocycles. The van der Waals surface area contributed by atoms with Gasteiger partial charge in [-0.3, -0.25) is 4.79 Å². The Balaban J connectivity index is 1.92. The molecule has 0 saturated carbocycles. The van der Waals surface area contributed by atoms with Crippen LogP contribution in [-0.4, -0.2) is 12.5 Å². The molecule has 0 fully saturated rings. The fourth-order valence-electron chi connectivity index (χ4n) is 2.23. The SMILES string of the molecule is Cc1c(N)cc(C(=O)NCCC2=CCCC2)cc1F. The molecule has 0 bridgehead atoms. The van der Waals surface area contributed by atoms with Crippen LogP contribution >= 0.6 is 0 Å². The minimum Gasteiger partial charge on any atom is -0.398 e. The number of allylic oxidation sites excluding steroid dienone is 1. The van der Waals surface area contributed by atoms with Crippen LogP contribution in [0, 0.1) is 12.7 Å². The first-order valence-corrected chi connectivity index (χ1v) is 6.59. The molecule has 0 unspecified atom stereocenters. The van der Waals surface area contributed by atoms with E-state index in [0.29, 0.717) is 17.8 Å². The first-order valence-electron chi connectivity index (χ1n) is 6.59. The van der Waals surface area contributed by atoms with Crippen molar-refractivity contribution in [2.75, 3.05) is 12.3 Å². The molecule has 102 valence electrons. The Morgan fingerprint density at radius 2 is 2.26 bits per heavy atom. The van der Waals surface area contributed by atoms with E-state index in [0.717, 1.165) is 19.3 Å². The Morgan fingerprint density at radius 1 is 1.47 bits per heavy atom. The van der Waals surface area contributed by atoms with Crippen molar-refractivity contribution < 1.29 is 9.18 Å². The predicted octanol–water partition coefficient (Wildman–Crippen LogP) is 2.95. The number of carbonyl (C=O) groups excluding carboxylic acids is 1. The van der Waals surface area contributed by atoms with E-state index in [1.165, 1.54) is 24.1 Å². The normalized spacial score (nSPS) is 14.3. The summed E-state index contributed by atoms with van der Waals surface area (Å²) in [5.74, 6) is -0.715. The van der Waals surface area contributed by atoms with Gasteiger partial charge in [-0.05, 0) is 44.7 Å². The molecule has 2 rings (SSSR count). The van der Waals surface area contributed by atoms with Crippen molar-refractivity contribution in [2.45, 2.75) is 32.6 Å². The molecular formula is C15H19FN2O. The summed E-state index contributed by atoms with van der Waals surface area (Å²) in [6.45, 7) is 2.18. The molecule has 0 radical (unpaired) electrons. The number of halogens is 1. The second-order valence-corrected chi connectivity index (χ2v) is 4.93. The highest BCUT2D eigenvalue weighted by Gasteiger charge is 2.11. The van der Waals surface area contributed by atoms with Crippen molar-refractivity contribution in [3.63, 3.8) is 0 Å². The van der Waals surface area contributed by atoms with Gasteiger partial charge in [0, 0.05) is 23.4 Å². The highest BCUT2D eigenvalue weighted by atomic mass is 19.1. The van der Waals surface area contributed by atoms with Gasteiger partial charge in [0.25, 0.3) is 5.91 Å². The fourth-order valence-corrected chi connectivity index (χ4v) is 2.23. The maximum atomic E-state index is 13.5. The molecule has 4 heteroatoms. The quantitative estimate of drug-likeness (QED) is 0.647. The molecule has 0 spiro atoms. The Hall–Kier alpha value is -1.84. The van der Waals surface area contributed by atoms with Gasteiger partial charge in [-0.1, -0.05) is 11.6 Å². The van der Waals surface area contributed by atoms with Crippen molar-refractivity contribution in [3.8, 4) is 0 Å². The molecule has 3 N–H and O–H groups in total. The number of amides is 1. The third-order valence-corrected chi connectivity index (χ3v) is 3.51. The highest BCUT2D eigenvalue weighted by Crippen LogP contribution is 2.20. The zero-order valence-corrected chi connectivity index (χ0v) is 11.1. The summed E-state index contributed by atoms with van der Waals surface area (Å²) in [7, 11) is 0. The fraction of sp³-hybridized carbons (Fsp3) is 0.400. The maximum absolute atomic E-state index is 13.5. The van der Waals surface area contributed by atoms with E-state index in [2.05, 4.69) is 11.4 Å². The second kappa shape index (κ2) is 5.87. The first kappa shape index (κ1) is 13.6. The Bertz CT molecular complexity index is 500. The summed E-state index contributed by atoms with van der Waals surface area (Å²) in [5, 5.41) is 2.80. The average molecular weight is 262 g/mol. The van der Waals surface area contributed by atoms with E-state index >= 15 is 0 Å². The monoisotopic (exact) mass is 262 g/mol. The van der Waals surface area contributed by atoms with Crippen molar-refractivity contribution in [1.29, 1.82) is 0 Å². The number of benzene rings is 1. The van der Waals surface area contributed by atoms with Crippen LogP contribution in [0.1, 0.15) is 41.6 Å². The van der Waals surface area contributed by atoms with Gasteiger partial charge in [0.05, 0.1) is 0 Å². The third kappa shape index (κ3) is 3.34. The lowest BCUT2D eigenvalue weighted by Gasteiger charge is -2.08. The molecule has 0 atom stereocenters. The second-order valence-electron chi connectivity index (χ2n) is 4.93. The van der Waals surface area contributed by atoms with E-state index in [4.69, 9.17) is 5.73 Å². The number of carbonyl (C=O) groups is 1. The minimum atomic E-state index is -0.441. The van der Waals surface area contributed by atoms with Gasteiger partial charge in [-0.2, -0.15) is 0 Å². The maximum Gasteiger partial charge on any atom is 0.251 e. The van der Waals surface area contributed by atoms with Crippen LogP contribution in [0.15, 0.2) is 23.8 Å². The number of nitrogens with two attached hydrogens (primary N) is 1. The Kier molecular flexibility index (Phi) is 4.20. The summed E-state index contributed by atoms with van der Waals surface area (Å²) in [6.07, 6.45) is 6.58. The van der Waals surface area contributed by atoms with Crippen LogP contribution in [0.25, 0.3) is 0 Å². The van der Waals surface area contributed by atoms with Crippen LogP contribution in [0.4, 0.5) is 10.1 Å². The van der Waals surface area contributed by atoms with Crippen molar-refractivity contribution in [2.24, 2.45) is 0 Å². The molecule has 19 heavy (non-hydrogen) atoms. The van der Waals surface area contributed by atoms with E-state index in [1.807, 2.05) is 0 Å². The van der Waals surface area contributed by atoms with Gasteiger partial charge in [0.15, 0.2) is 0 Å². The van der Waals surface area contributed by atoms with E-state index in [-0.39, 0.29) is 11.5 Å². The molecular weight excluding hydrogens is 243 g/mol. The molecule has 3 nitrogen and oxygen atoms in total. The van der Waals surface area contributed by atoms with Crippen LogP contribution in [0.3, 0.4) is 0 Å². The van der Waals surface area contributed by atoms with Crippen LogP contribution in [0.2, 0.25) is 0 Å². The lowest BCUT2D eigenvalue weighted by atomic mass is 10.1. The number of rotatable bonds is 4. The van der Waals surface area contributed by atoms with Gasteiger partial charge < -0.3 is 11.1 Å². The van der Waals surface area contributed by atoms with Crippen LogP contribution in [0.5, 0.6) is 0 Å². The number of anilines is 1. The van der Waals surface area contributed by atoms with Gasteiger partial charge in [-0.25, -0.2) is 4.39 Å². The summed E-state index contributed by atoms with van der Waals surface area (Å²) in [6, 6.07) is 2.75. The van der Waals surface area contributed by atoms with Gasteiger partial charge in [0.1, 0.15) is 5.82 Å². The lowest BCUT2D eigenvalue weighted by molar-refractivity contribution is 0.0953. The lowest BCUT2D eigenvalue weighted by Crippen LogP contribution is -2.25. The molecule has 0 heterocycles. The van der Waals surface area contributed by atoms with E-state index in [9.17, 15) is 9.18 Å². The van der Waals surface area contributed by atoms with E-state index in [1.54, 1.807) is 6.92 Å². The van der Waals surface area contributed by atoms with Gasteiger partial charge in [-0.15, -0.1) is 0 Å². The molecule has 1 amide bonds. The zero-order valence-electron chi connectivity index (χ0n) is 11.1. The molecule has 0 aromatic heterocycles. The third-order valence-electron chi connectivity index (χ3n) is 3.51. The predicted molar refractivity (Wildman–Crippen MR) is 74.4 cm³/mol. The summed E-state index contributed by atoms with van der Waals surface area (Å²) >= 11 is 0. The minimum absolute atomic E-state index is 0.274. The number of nitrogens with one attached hydrogen (secondary N) is 1. The van der Waals surface area contributed by atoms with E-state index < -0.39 is 5.82 Å². The molecule has 1 aromatic rings. The number of hydrogen-bond donors (Lipinski definition) is 2. The van der Waals surface area contributed by atoms with Crippen molar-refractivity contribution >= 4 is 11.6 Å². The number of nitrogen functional groups attached to an aromatic ring is 1. The smallest absolute Gasteiger partial charge is 0.251 e. The molecule has 1 aromatic carbocycles. The standard InChI is InChI=1S/C15H19FN2O/c1-10-13(16)8-12(9-14(10)17)15(19)18-7-6-11-4-2-3-5-11/h4,8-9H,2-3,5-7,17H2,1H3,(H,18,19). The molecule has 1 aliphatic carbocycles. The summed E-state index contributed by atoms with van der Waals surface area (Å²) in [5.41, 5.74) is 8.03. The van der Waals surface area contributed by atoms with Gasteiger partial charge >= 0.3 is 0 Å². The first-order chi connectivity index (χ1) is 9.08. The molecule has 0 saturated heterocycles. The van der Waals surface area contributed by atoms with Crippen LogP contribution in [-0.2, 0) is 0 Å². The van der Waals surface area contributed by atoms with Crippen molar-refractivity contribution in [3.05, 3.63) is 40.7 Å². The Morgan fingerprint density at radius 3 is 2.89 bits per heavy atom. The Labute approximate surface area is 112 Å². The zero-order chi connectivity index (χ0) is 13.8. The number of hydrogen-bond acceptors (Lipinski definition) is 2.